The first-order valence-corrected chi connectivity index (χ1v) is 7.16. The van der Waals surface area contributed by atoms with Crippen LogP contribution in [0, 0.1) is 13.8 Å². The third kappa shape index (κ3) is 4.05. The number of rotatable bonds is 6. The Balaban J connectivity index is 2.05. The van der Waals surface area contributed by atoms with Gasteiger partial charge >= 0.3 is 0 Å². The fraction of sp³-hybridized carbons (Fsp3) is 0.294. The van der Waals surface area contributed by atoms with Crippen molar-refractivity contribution in [3.63, 3.8) is 0 Å². The maximum atomic E-state index is 12.2. The van der Waals surface area contributed by atoms with Crippen LogP contribution in [0.1, 0.15) is 27.3 Å². The van der Waals surface area contributed by atoms with Gasteiger partial charge in [-0.25, -0.2) is 0 Å². The van der Waals surface area contributed by atoms with Crippen molar-refractivity contribution in [2.75, 3.05) is 13.2 Å². The van der Waals surface area contributed by atoms with E-state index in [1.54, 1.807) is 6.07 Å². The molecule has 116 valence electrons. The minimum absolute atomic E-state index is 0.0467. The van der Waals surface area contributed by atoms with Crippen molar-refractivity contribution in [3.05, 3.63) is 58.9 Å². The molecule has 22 heavy (non-hydrogen) atoms. The first kappa shape index (κ1) is 16.0. The van der Waals surface area contributed by atoms with Crippen LogP contribution in [0.4, 0.5) is 0 Å². The van der Waals surface area contributed by atoms with E-state index in [9.17, 15) is 4.79 Å². The minimum Gasteiger partial charge on any atom is -0.491 e. The van der Waals surface area contributed by atoms with Gasteiger partial charge in [0.2, 0.25) is 0 Å². The van der Waals surface area contributed by atoms with Gasteiger partial charge in [-0.3, -0.25) is 9.78 Å². The lowest BCUT2D eigenvalue weighted by Crippen LogP contribution is -2.24. The van der Waals surface area contributed by atoms with Gasteiger partial charge in [0, 0.05) is 17.8 Å². The average Bonchev–Trinajstić information content (AvgIpc) is 2.51. The Morgan fingerprint density at radius 2 is 2.00 bits per heavy atom. The van der Waals surface area contributed by atoms with Gasteiger partial charge in [-0.2, -0.15) is 0 Å². The average molecular weight is 300 g/mol. The Bertz CT molecular complexity index is 656. The predicted molar refractivity (Wildman–Crippen MR) is 83.9 cm³/mol. The van der Waals surface area contributed by atoms with Crippen LogP contribution in [0.2, 0.25) is 0 Å². The lowest BCUT2D eigenvalue weighted by molar-refractivity contribution is 0.0949. The summed E-state index contributed by atoms with van der Waals surface area (Å²) in [7, 11) is 0. The van der Waals surface area contributed by atoms with Crippen LogP contribution in [-0.2, 0) is 6.54 Å². The smallest absolute Gasteiger partial charge is 0.253 e. The van der Waals surface area contributed by atoms with Crippen LogP contribution >= 0.6 is 0 Å². The molecule has 0 radical (unpaired) electrons. The molecule has 0 aliphatic carbocycles. The van der Waals surface area contributed by atoms with Crippen LogP contribution < -0.4 is 10.1 Å². The fourth-order valence-corrected chi connectivity index (χ4v) is 2.14. The maximum Gasteiger partial charge on any atom is 0.253 e. The van der Waals surface area contributed by atoms with E-state index < -0.39 is 0 Å². The first-order chi connectivity index (χ1) is 10.6. The Hall–Kier alpha value is -2.40. The molecule has 0 atom stereocenters. The molecule has 0 fully saturated rings. The second kappa shape index (κ2) is 7.56. The molecule has 2 N–H and O–H groups in total. The topological polar surface area (TPSA) is 71.5 Å². The Morgan fingerprint density at radius 1 is 1.23 bits per heavy atom. The molecule has 0 saturated heterocycles. The number of aliphatic hydroxyl groups excluding tert-OH is 1. The van der Waals surface area contributed by atoms with E-state index in [-0.39, 0.29) is 19.1 Å². The summed E-state index contributed by atoms with van der Waals surface area (Å²) in [6.45, 7) is 4.25. The first-order valence-electron chi connectivity index (χ1n) is 7.16. The number of aliphatic hydroxyl groups is 1. The lowest BCUT2D eigenvalue weighted by atomic mass is 10.1. The highest BCUT2D eigenvalue weighted by atomic mass is 16.5. The number of amides is 1. The van der Waals surface area contributed by atoms with Crippen molar-refractivity contribution in [2.24, 2.45) is 0 Å². The molecular weight excluding hydrogens is 280 g/mol. The molecule has 2 aromatic rings. The highest BCUT2D eigenvalue weighted by Gasteiger charge is 2.11. The molecule has 0 spiro atoms. The van der Waals surface area contributed by atoms with Gasteiger partial charge < -0.3 is 15.2 Å². The quantitative estimate of drug-likeness (QED) is 0.856. The Morgan fingerprint density at radius 3 is 2.73 bits per heavy atom. The molecule has 0 unspecified atom stereocenters. The van der Waals surface area contributed by atoms with Crippen LogP contribution in [-0.4, -0.2) is 29.2 Å². The van der Waals surface area contributed by atoms with Gasteiger partial charge in [0.1, 0.15) is 12.4 Å². The van der Waals surface area contributed by atoms with Crippen LogP contribution in [0.25, 0.3) is 0 Å². The second-order valence-corrected chi connectivity index (χ2v) is 4.95. The molecule has 2 rings (SSSR count). The number of aromatic nitrogens is 1. The number of nitrogens with zero attached hydrogens (tertiary/aromatic N) is 1. The predicted octanol–water partition coefficient (Wildman–Crippen LogP) is 2.00. The summed E-state index contributed by atoms with van der Waals surface area (Å²) in [5, 5.41) is 11.7. The third-order valence-corrected chi connectivity index (χ3v) is 3.23. The van der Waals surface area contributed by atoms with Crippen molar-refractivity contribution < 1.29 is 14.6 Å². The van der Waals surface area contributed by atoms with E-state index in [0.717, 1.165) is 11.3 Å². The second-order valence-electron chi connectivity index (χ2n) is 4.95. The van der Waals surface area contributed by atoms with Gasteiger partial charge in [-0.15, -0.1) is 0 Å². The van der Waals surface area contributed by atoms with E-state index in [0.29, 0.717) is 23.6 Å². The molecule has 0 saturated carbocycles. The molecule has 1 amide bonds. The highest BCUT2D eigenvalue weighted by Crippen LogP contribution is 2.18. The van der Waals surface area contributed by atoms with E-state index in [1.807, 2.05) is 44.2 Å². The number of para-hydroxylation sites is 1. The number of ether oxygens (including phenoxy) is 1. The maximum absolute atomic E-state index is 12.2. The molecule has 5 heteroatoms. The normalized spacial score (nSPS) is 10.3. The molecule has 5 nitrogen and oxygen atoms in total. The zero-order valence-electron chi connectivity index (χ0n) is 12.8. The molecular formula is C17H20N2O3. The summed E-state index contributed by atoms with van der Waals surface area (Å²) in [5.41, 5.74) is 3.03. The Labute approximate surface area is 130 Å². The van der Waals surface area contributed by atoms with Gasteiger partial charge in [-0.1, -0.05) is 18.2 Å². The number of hydrogen-bond acceptors (Lipinski definition) is 4. The van der Waals surface area contributed by atoms with Crippen LogP contribution in [0.15, 0.2) is 36.4 Å². The number of nitrogens with one attached hydrogen (secondary N) is 1. The standard InChI is InChI=1S/C17H20N2O3/c1-12-7-8-15(13(2)19-12)17(21)18-11-14-5-3-4-6-16(14)22-10-9-20/h3-8,20H,9-11H2,1-2H3,(H,18,21). The van der Waals surface area contributed by atoms with Crippen molar-refractivity contribution in [3.8, 4) is 5.75 Å². The molecule has 0 bridgehead atoms. The fourth-order valence-electron chi connectivity index (χ4n) is 2.14. The summed E-state index contributed by atoms with van der Waals surface area (Å²) in [6.07, 6.45) is 0. The van der Waals surface area contributed by atoms with Gasteiger partial charge in [0.15, 0.2) is 0 Å². The largest absolute Gasteiger partial charge is 0.491 e. The number of benzene rings is 1. The molecule has 0 aliphatic heterocycles. The van der Waals surface area contributed by atoms with Crippen molar-refractivity contribution in [1.82, 2.24) is 10.3 Å². The van der Waals surface area contributed by atoms with Crippen molar-refractivity contribution >= 4 is 5.91 Å². The highest BCUT2D eigenvalue weighted by molar-refractivity contribution is 5.95. The van der Waals surface area contributed by atoms with E-state index in [2.05, 4.69) is 10.3 Å². The molecule has 1 aromatic carbocycles. The molecule has 1 aromatic heterocycles. The summed E-state index contributed by atoms with van der Waals surface area (Å²) < 4.78 is 5.45. The van der Waals surface area contributed by atoms with Gasteiger partial charge in [0.25, 0.3) is 5.91 Å². The van der Waals surface area contributed by atoms with E-state index >= 15 is 0 Å². The summed E-state index contributed by atoms with van der Waals surface area (Å²) in [4.78, 5) is 16.5. The monoisotopic (exact) mass is 300 g/mol. The molecule has 0 aliphatic rings. The van der Waals surface area contributed by atoms with Crippen molar-refractivity contribution in [2.45, 2.75) is 20.4 Å². The van der Waals surface area contributed by atoms with Gasteiger partial charge in [-0.05, 0) is 32.0 Å². The number of aryl methyl sites for hydroxylation is 2. The number of pyridine rings is 1. The van der Waals surface area contributed by atoms with E-state index in [1.165, 1.54) is 0 Å². The lowest BCUT2D eigenvalue weighted by Gasteiger charge is -2.12. The zero-order chi connectivity index (χ0) is 15.9. The SMILES string of the molecule is Cc1ccc(C(=O)NCc2ccccc2OCCO)c(C)n1. The van der Waals surface area contributed by atoms with E-state index in [4.69, 9.17) is 9.84 Å². The third-order valence-electron chi connectivity index (χ3n) is 3.23. The molecule has 1 heterocycles. The number of carbonyl (C=O) groups is 1. The zero-order valence-corrected chi connectivity index (χ0v) is 12.8. The Kier molecular flexibility index (Phi) is 5.49. The van der Waals surface area contributed by atoms with Gasteiger partial charge in [0.05, 0.1) is 17.9 Å². The summed E-state index contributed by atoms with van der Waals surface area (Å²) >= 11 is 0. The minimum atomic E-state index is -0.165. The summed E-state index contributed by atoms with van der Waals surface area (Å²) in [5.74, 6) is 0.498. The van der Waals surface area contributed by atoms with Crippen LogP contribution in [0.3, 0.4) is 0 Å². The number of carbonyl (C=O) groups excluding carboxylic acids is 1. The van der Waals surface area contributed by atoms with Crippen LogP contribution in [0.5, 0.6) is 5.75 Å². The number of hydrogen-bond donors (Lipinski definition) is 2. The van der Waals surface area contributed by atoms with Crippen molar-refractivity contribution in [1.29, 1.82) is 0 Å². The summed E-state index contributed by atoms with van der Waals surface area (Å²) in [6, 6.07) is 11.0.